The van der Waals surface area contributed by atoms with Gasteiger partial charge in [0.15, 0.2) is 11.5 Å². The summed E-state index contributed by atoms with van der Waals surface area (Å²) in [6.45, 7) is 5.77. The maximum Gasteiger partial charge on any atom is 0.410 e. The van der Waals surface area contributed by atoms with Crippen LogP contribution < -0.4 is 9.64 Å². The lowest BCUT2D eigenvalue weighted by atomic mass is 9.94. The molecule has 0 saturated carbocycles. The number of benzene rings is 2. The quantitative estimate of drug-likeness (QED) is 0.521. The van der Waals surface area contributed by atoms with Crippen molar-refractivity contribution in [1.82, 2.24) is 4.90 Å². The van der Waals surface area contributed by atoms with E-state index in [0.717, 1.165) is 48.6 Å². The van der Waals surface area contributed by atoms with E-state index in [1.54, 1.807) is 0 Å². The second kappa shape index (κ2) is 7.09. The van der Waals surface area contributed by atoms with E-state index in [1.165, 1.54) is 0 Å². The first-order valence-electron chi connectivity index (χ1n) is 10.7. The molecule has 3 aliphatic rings. The van der Waals surface area contributed by atoms with Gasteiger partial charge in [-0.05, 0) is 70.7 Å². The summed E-state index contributed by atoms with van der Waals surface area (Å²) in [4.78, 5) is 17.2. The van der Waals surface area contributed by atoms with Gasteiger partial charge in [0.25, 0.3) is 0 Å². The first-order chi connectivity index (χ1) is 14.3. The lowest BCUT2D eigenvalue weighted by molar-refractivity contribution is 0.00613. The Kier molecular flexibility index (Phi) is 4.62. The number of hydrogen-bond acceptors (Lipinski definition) is 4. The van der Waals surface area contributed by atoms with Crippen molar-refractivity contribution < 1.29 is 14.3 Å². The molecule has 2 aromatic carbocycles. The van der Waals surface area contributed by atoms with Crippen molar-refractivity contribution in [3.63, 3.8) is 0 Å². The Morgan fingerprint density at radius 2 is 1.67 bits per heavy atom. The van der Waals surface area contributed by atoms with Crippen LogP contribution in [0.2, 0.25) is 5.02 Å². The number of anilines is 2. The van der Waals surface area contributed by atoms with Crippen LogP contribution in [0.5, 0.6) is 11.5 Å². The zero-order valence-electron chi connectivity index (χ0n) is 17.6. The molecule has 0 spiro atoms. The first kappa shape index (κ1) is 19.6. The summed E-state index contributed by atoms with van der Waals surface area (Å²) < 4.78 is 11.9. The van der Waals surface area contributed by atoms with Gasteiger partial charge >= 0.3 is 6.09 Å². The highest BCUT2D eigenvalue weighted by Gasteiger charge is 2.47. The molecular weight excluding hydrogens is 400 g/mol. The van der Waals surface area contributed by atoms with Gasteiger partial charge in [-0.15, -0.1) is 0 Å². The fourth-order valence-electron chi connectivity index (χ4n) is 5.12. The molecule has 2 bridgehead atoms. The molecule has 3 heterocycles. The number of carbonyl (C=O) groups is 1. The number of nitrogens with zero attached hydrogens (tertiary/aromatic N) is 2. The van der Waals surface area contributed by atoms with Crippen LogP contribution in [0.1, 0.15) is 46.5 Å². The van der Waals surface area contributed by atoms with Crippen molar-refractivity contribution in [1.29, 1.82) is 0 Å². The molecule has 0 N–H and O–H groups in total. The highest BCUT2D eigenvalue weighted by molar-refractivity contribution is 6.30. The highest BCUT2D eigenvalue weighted by atomic mass is 35.5. The van der Waals surface area contributed by atoms with Crippen LogP contribution in [0.15, 0.2) is 42.5 Å². The Morgan fingerprint density at radius 3 is 2.37 bits per heavy atom. The predicted octanol–water partition coefficient (Wildman–Crippen LogP) is 6.51. The monoisotopic (exact) mass is 426 g/mol. The summed E-state index contributed by atoms with van der Waals surface area (Å²) in [7, 11) is 0. The molecule has 2 saturated heterocycles. The minimum atomic E-state index is -0.477. The summed E-state index contributed by atoms with van der Waals surface area (Å²) >= 11 is 6.24. The number of hydrogen-bond donors (Lipinski definition) is 0. The standard InChI is InChI=1S/C24H27ClN2O3/c1-24(2,3)30-23(28)26-16-9-10-17(26)14-18(13-16)27-19-6-4-5-7-21(19)29-22-12-15(25)8-11-20(22)27/h4-8,11-12,16-18H,9-10,13-14H2,1-3H3/t16-,17+,18+. The van der Waals surface area contributed by atoms with Crippen LogP contribution in [0.25, 0.3) is 0 Å². The third-order valence-electron chi connectivity index (χ3n) is 6.20. The third-order valence-corrected chi connectivity index (χ3v) is 6.44. The molecule has 6 heteroatoms. The summed E-state index contributed by atoms with van der Waals surface area (Å²) in [5, 5.41) is 0.660. The molecule has 0 aromatic heterocycles. The molecule has 5 nitrogen and oxygen atoms in total. The van der Waals surface area contributed by atoms with Gasteiger partial charge < -0.3 is 19.3 Å². The number of halogens is 1. The number of fused-ring (bicyclic) bond motifs is 4. The maximum absolute atomic E-state index is 12.8. The largest absolute Gasteiger partial charge is 0.453 e. The Hall–Kier alpha value is -2.40. The van der Waals surface area contributed by atoms with Gasteiger partial charge in [0.1, 0.15) is 5.60 Å². The normalized spacial score (nSPS) is 24.7. The Labute approximate surface area is 182 Å². The molecule has 2 fully saturated rings. The third kappa shape index (κ3) is 3.39. The number of carbonyl (C=O) groups excluding carboxylic acids is 1. The van der Waals surface area contributed by atoms with Crippen LogP contribution in [-0.4, -0.2) is 34.7 Å². The van der Waals surface area contributed by atoms with E-state index in [2.05, 4.69) is 11.0 Å². The average molecular weight is 427 g/mol. The average Bonchev–Trinajstić information content (AvgIpc) is 2.95. The maximum atomic E-state index is 12.8. The molecule has 30 heavy (non-hydrogen) atoms. The van der Waals surface area contributed by atoms with Crippen molar-refractivity contribution in [3.05, 3.63) is 47.5 Å². The van der Waals surface area contributed by atoms with E-state index in [9.17, 15) is 4.79 Å². The summed E-state index contributed by atoms with van der Waals surface area (Å²) in [6, 6.07) is 14.7. The fourth-order valence-corrected chi connectivity index (χ4v) is 5.29. The number of para-hydroxylation sites is 2. The van der Waals surface area contributed by atoms with E-state index in [-0.39, 0.29) is 24.2 Å². The van der Waals surface area contributed by atoms with Crippen LogP contribution in [-0.2, 0) is 4.74 Å². The van der Waals surface area contributed by atoms with Crippen molar-refractivity contribution in [2.75, 3.05) is 4.90 Å². The minimum absolute atomic E-state index is 0.178. The van der Waals surface area contributed by atoms with E-state index in [1.807, 2.05) is 62.1 Å². The number of amides is 1. The SMILES string of the molecule is CC(C)(C)OC(=O)N1[C@@H]2CC[C@H]1C[C@@H](N1c3ccccc3Oc3cc(Cl)ccc31)C2. The first-order valence-corrected chi connectivity index (χ1v) is 11.0. The topological polar surface area (TPSA) is 42.0 Å². The zero-order chi connectivity index (χ0) is 21.0. The molecule has 158 valence electrons. The van der Waals surface area contributed by atoms with E-state index in [4.69, 9.17) is 21.1 Å². The van der Waals surface area contributed by atoms with E-state index in [0.29, 0.717) is 5.02 Å². The van der Waals surface area contributed by atoms with E-state index < -0.39 is 5.60 Å². The van der Waals surface area contributed by atoms with Crippen LogP contribution in [0.4, 0.5) is 16.2 Å². The second-order valence-electron chi connectivity index (χ2n) is 9.45. The Balaban J connectivity index is 1.46. The Morgan fingerprint density at radius 1 is 1.00 bits per heavy atom. The molecule has 1 amide bonds. The molecule has 3 atom stereocenters. The smallest absolute Gasteiger partial charge is 0.410 e. The van der Waals surface area contributed by atoms with E-state index >= 15 is 0 Å². The van der Waals surface area contributed by atoms with Crippen LogP contribution in [0, 0.1) is 0 Å². The lowest BCUT2D eigenvalue weighted by Crippen LogP contribution is -2.53. The number of ether oxygens (including phenoxy) is 2. The summed E-state index contributed by atoms with van der Waals surface area (Å²) in [5.41, 5.74) is 1.63. The van der Waals surface area contributed by atoms with Crippen LogP contribution >= 0.6 is 11.6 Å². The van der Waals surface area contributed by atoms with Crippen molar-refractivity contribution >= 4 is 29.1 Å². The molecular formula is C24H27ClN2O3. The van der Waals surface area contributed by atoms with Crippen molar-refractivity contribution in [2.24, 2.45) is 0 Å². The molecule has 2 aromatic rings. The van der Waals surface area contributed by atoms with Gasteiger partial charge in [0, 0.05) is 29.2 Å². The molecule has 5 rings (SSSR count). The second-order valence-corrected chi connectivity index (χ2v) is 9.89. The lowest BCUT2D eigenvalue weighted by Gasteiger charge is -2.45. The van der Waals surface area contributed by atoms with Gasteiger partial charge in [0.2, 0.25) is 0 Å². The highest BCUT2D eigenvalue weighted by Crippen LogP contribution is 2.51. The van der Waals surface area contributed by atoms with Gasteiger partial charge in [-0.1, -0.05) is 23.7 Å². The van der Waals surface area contributed by atoms with Gasteiger partial charge in [-0.2, -0.15) is 0 Å². The predicted molar refractivity (Wildman–Crippen MR) is 118 cm³/mol. The molecule has 0 unspecified atom stereocenters. The van der Waals surface area contributed by atoms with Crippen LogP contribution in [0.3, 0.4) is 0 Å². The number of piperidine rings is 1. The molecule has 0 radical (unpaired) electrons. The Bertz CT molecular complexity index is 973. The summed E-state index contributed by atoms with van der Waals surface area (Å²) in [5.74, 6) is 1.62. The minimum Gasteiger partial charge on any atom is -0.453 e. The molecule has 3 aliphatic heterocycles. The molecule has 0 aliphatic carbocycles. The fraction of sp³-hybridized carbons (Fsp3) is 0.458. The van der Waals surface area contributed by atoms with Gasteiger partial charge in [0.05, 0.1) is 11.4 Å². The van der Waals surface area contributed by atoms with Gasteiger partial charge in [-0.25, -0.2) is 4.79 Å². The summed E-state index contributed by atoms with van der Waals surface area (Å²) in [6.07, 6.45) is 3.70. The van der Waals surface area contributed by atoms with Gasteiger partial charge in [-0.3, -0.25) is 0 Å². The zero-order valence-corrected chi connectivity index (χ0v) is 18.4. The number of rotatable bonds is 1. The van der Waals surface area contributed by atoms with Crippen molar-refractivity contribution in [2.45, 2.75) is 70.2 Å². The van der Waals surface area contributed by atoms with Crippen molar-refractivity contribution in [3.8, 4) is 11.5 Å².